The van der Waals surface area contributed by atoms with Crippen LogP contribution in [0.5, 0.6) is 0 Å². The van der Waals surface area contributed by atoms with Crippen molar-refractivity contribution in [2.75, 3.05) is 26.7 Å². The minimum atomic E-state index is -4.62. The van der Waals surface area contributed by atoms with Gasteiger partial charge in [-0.2, -0.15) is 18.3 Å². The van der Waals surface area contributed by atoms with E-state index in [9.17, 15) is 22.4 Å². The molecule has 0 spiro atoms. The number of hydrogen-bond donors (Lipinski definition) is 0. The Morgan fingerprint density at radius 3 is 2.59 bits per heavy atom. The number of amides is 1. The third-order valence-electron chi connectivity index (χ3n) is 6.40. The molecule has 3 heterocycles. The van der Waals surface area contributed by atoms with E-state index in [0.29, 0.717) is 18.0 Å². The van der Waals surface area contributed by atoms with E-state index in [0.717, 1.165) is 32.0 Å². The van der Waals surface area contributed by atoms with E-state index in [1.54, 1.807) is 4.90 Å². The molecule has 1 saturated heterocycles. The van der Waals surface area contributed by atoms with Gasteiger partial charge in [0.05, 0.1) is 18.8 Å². The van der Waals surface area contributed by atoms with Gasteiger partial charge in [0.15, 0.2) is 5.69 Å². The van der Waals surface area contributed by atoms with Crippen LogP contribution in [0.1, 0.15) is 41.8 Å². The predicted molar refractivity (Wildman–Crippen MR) is 112 cm³/mol. The number of carbonyl (C=O) groups excluding carboxylic acids is 1. The second kappa shape index (κ2) is 9.02. The zero-order valence-electron chi connectivity index (χ0n) is 17.8. The maximum atomic E-state index is 14.3. The first-order chi connectivity index (χ1) is 15.1. The first kappa shape index (κ1) is 23.0. The highest BCUT2D eigenvalue weighted by atomic mass is 35.5. The largest absolute Gasteiger partial charge is 0.435 e. The molecule has 0 radical (unpaired) electrons. The lowest BCUT2D eigenvalue weighted by Crippen LogP contribution is -2.39. The number of rotatable bonds is 4. The Labute approximate surface area is 188 Å². The van der Waals surface area contributed by atoms with E-state index >= 15 is 0 Å². The number of carbonyl (C=O) groups is 1. The summed E-state index contributed by atoms with van der Waals surface area (Å²) in [4.78, 5) is 16.7. The fourth-order valence-electron chi connectivity index (χ4n) is 4.51. The van der Waals surface area contributed by atoms with Gasteiger partial charge in [0.25, 0.3) is 0 Å². The molecule has 4 rings (SSSR count). The van der Waals surface area contributed by atoms with Gasteiger partial charge in [-0.1, -0.05) is 17.7 Å². The molecule has 174 valence electrons. The van der Waals surface area contributed by atoms with Crippen molar-refractivity contribution < 1.29 is 22.4 Å². The van der Waals surface area contributed by atoms with Crippen molar-refractivity contribution in [2.45, 2.75) is 44.9 Å². The lowest BCUT2D eigenvalue weighted by Gasteiger charge is -2.32. The fraction of sp³-hybridized carbons (Fsp3) is 0.545. The number of nitrogens with zero attached hydrogens (tertiary/aromatic N) is 4. The summed E-state index contributed by atoms with van der Waals surface area (Å²) < 4.78 is 56.3. The van der Waals surface area contributed by atoms with E-state index in [1.165, 1.54) is 16.8 Å². The summed E-state index contributed by atoms with van der Waals surface area (Å²) in [5.41, 5.74) is -0.364. The number of halogens is 5. The Hall–Kier alpha value is -2.13. The van der Waals surface area contributed by atoms with E-state index < -0.39 is 17.7 Å². The molecule has 0 atom stereocenters. The van der Waals surface area contributed by atoms with Crippen molar-refractivity contribution in [3.8, 4) is 0 Å². The molecule has 2 aliphatic rings. The van der Waals surface area contributed by atoms with E-state index in [4.69, 9.17) is 11.6 Å². The monoisotopic (exact) mass is 472 g/mol. The second-order valence-corrected chi connectivity index (χ2v) is 9.12. The number of benzene rings is 1. The van der Waals surface area contributed by atoms with E-state index in [-0.39, 0.29) is 48.1 Å². The summed E-state index contributed by atoms with van der Waals surface area (Å²) in [7, 11) is 2.05. The van der Waals surface area contributed by atoms with Gasteiger partial charge in [0.1, 0.15) is 5.82 Å². The third kappa shape index (κ3) is 4.93. The van der Waals surface area contributed by atoms with Gasteiger partial charge in [0.2, 0.25) is 5.91 Å². The van der Waals surface area contributed by atoms with Crippen molar-refractivity contribution in [2.24, 2.45) is 5.92 Å². The van der Waals surface area contributed by atoms with Gasteiger partial charge in [0, 0.05) is 29.1 Å². The van der Waals surface area contributed by atoms with Crippen LogP contribution in [-0.4, -0.2) is 52.2 Å². The molecule has 1 aromatic carbocycles. The van der Waals surface area contributed by atoms with Crippen LogP contribution < -0.4 is 0 Å². The minimum absolute atomic E-state index is 0.0408. The average molecular weight is 473 g/mol. The van der Waals surface area contributed by atoms with Crippen LogP contribution in [0.15, 0.2) is 18.2 Å². The zero-order chi connectivity index (χ0) is 23.0. The van der Waals surface area contributed by atoms with Gasteiger partial charge < -0.3 is 9.80 Å². The SMILES string of the molecule is CN1CCC(CC(=O)N2CCc3c(C(F)(F)F)nn(Cc4ccc(Cl)cc4F)c3C2)CC1. The van der Waals surface area contributed by atoms with Crippen LogP contribution in [0.25, 0.3) is 0 Å². The summed E-state index contributed by atoms with van der Waals surface area (Å²) in [5, 5.41) is 3.99. The molecule has 2 aromatic rings. The smallest absolute Gasteiger partial charge is 0.336 e. The van der Waals surface area contributed by atoms with Crippen LogP contribution in [0.2, 0.25) is 5.02 Å². The number of hydrogen-bond acceptors (Lipinski definition) is 3. The summed E-state index contributed by atoms with van der Waals surface area (Å²) in [6.07, 6.45) is -2.27. The molecule has 2 aliphatic heterocycles. The Balaban J connectivity index is 1.56. The molecule has 10 heteroatoms. The number of fused-ring (bicyclic) bond motifs is 1. The number of likely N-dealkylation sites (tertiary alicyclic amines) is 1. The van der Waals surface area contributed by atoms with Gasteiger partial charge in [-0.3, -0.25) is 9.48 Å². The topological polar surface area (TPSA) is 41.4 Å². The quantitative estimate of drug-likeness (QED) is 0.621. The first-order valence-electron chi connectivity index (χ1n) is 10.7. The third-order valence-corrected chi connectivity index (χ3v) is 6.63. The summed E-state index contributed by atoms with van der Waals surface area (Å²) >= 11 is 5.78. The highest BCUT2D eigenvalue weighted by molar-refractivity contribution is 6.30. The molecule has 0 N–H and O–H groups in total. The summed E-state index contributed by atoms with van der Waals surface area (Å²) in [6, 6.07) is 4.04. The van der Waals surface area contributed by atoms with Crippen LogP contribution in [0, 0.1) is 11.7 Å². The molecular formula is C22H25ClF4N4O. The van der Waals surface area contributed by atoms with Crippen molar-refractivity contribution in [1.29, 1.82) is 0 Å². The van der Waals surface area contributed by atoms with Gasteiger partial charge in [-0.05, 0) is 57.5 Å². The molecule has 0 bridgehead atoms. The van der Waals surface area contributed by atoms with Crippen molar-refractivity contribution in [3.05, 3.63) is 51.6 Å². The van der Waals surface area contributed by atoms with Crippen LogP contribution in [0.3, 0.4) is 0 Å². The Bertz CT molecular complexity index is 999. The molecule has 0 aliphatic carbocycles. The Kier molecular flexibility index (Phi) is 6.49. The lowest BCUT2D eigenvalue weighted by atomic mass is 9.92. The number of aromatic nitrogens is 2. The number of piperidine rings is 1. The predicted octanol–water partition coefficient (Wildman–Crippen LogP) is 4.36. The molecule has 0 unspecified atom stereocenters. The zero-order valence-corrected chi connectivity index (χ0v) is 18.5. The van der Waals surface area contributed by atoms with Crippen molar-refractivity contribution in [1.82, 2.24) is 19.6 Å². The Morgan fingerprint density at radius 2 is 1.94 bits per heavy atom. The summed E-state index contributed by atoms with van der Waals surface area (Å²) in [6.45, 7) is 1.98. The molecule has 1 amide bonds. The molecule has 0 saturated carbocycles. The average Bonchev–Trinajstić information content (AvgIpc) is 3.10. The molecular weight excluding hydrogens is 448 g/mol. The molecule has 32 heavy (non-hydrogen) atoms. The Morgan fingerprint density at radius 1 is 1.22 bits per heavy atom. The minimum Gasteiger partial charge on any atom is -0.336 e. The van der Waals surface area contributed by atoms with Gasteiger partial charge in [-0.15, -0.1) is 0 Å². The lowest BCUT2D eigenvalue weighted by molar-refractivity contribution is -0.142. The van der Waals surface area contributed by atoms with Gasteiger partial charge in [-0.25, -0.2) is 4.39 Å². The second-order valence-electron chi connectivity index (χ2n) is 8.68. The number of alkyl halides is 3. The fourth-order valence-corrected chi connectivity index (χ4v) is 4.66. The van der Waals surface area contributed by atoms with E-state index in [1.807, 2.05) is 7.05 Å². The van der Waals surface area contributed by atoms with Crippen LogP contribution in [0.4, 0.5) is 17.6 Å². The molecule has 1 fully saturated rings. The van der Waals surface area contributed by atoms with E-state index in [2.05, 4.69) is 10.00 Å². The van der Waals surface area contributed by atoms with Crippen molar-refractivity contribution in [3.63, 3.8) is 0 Å². The maximum absolute atomic E-state index is 14.3. The highest BCUT2D eigenvalue weighted by Gasteiger charge is 2.41. The normalized spacial score (nSPS) is 18.1. The van der Waals surface area contributed by atoms with Crippen LogP contribution >= 0.6 is 11.6 Å². The first-order valence-corrected chi connectivity index (χ1v) is 11.1. The maximum Gasteiger partial charge on any atom is 0.435 e. The molecule has 5 nitrogen and oxygen atoms in total. The highest BCUT2D eigenvalue weighted by Crippen LogP contribution is 2.36. The van der Waals surface area contributed by atoms with Crippen LogP contribution in [-0.2, 0) is 30.5 Å². The standard InChI is InChI=1S/C22H25ClF4N4O/c1-29-7-4-14(5-8-29)10-20(32)30-9-6-17-19(13-30)31(28-21(17)22(25,26)27)12-15-2-3-16(23)11-18(15)24/h2-3,11,14H,4-10,12-13H2,1H3. The van der Waals surface area contributed by atoms with Crippen molar-refractivity contribution >= 4 is 17.5 Å². The summed E-state index contributed by atoms with van der Waals surface area (Å²) in [5.74, 6) is -0.371. The molecule has 1 aromatic heterocycles. The van der Waals surface area contributed by atoms with Gasteiger partial charge >= 0.3 is 6.18 Å².